The zero-order valence-electron chi connectivity index (χ0n) is 19.9. The molecule has 0 bridgehead atoms. The van der Waals surface area contributed by atoms with E-state index in [1.54, 1.807) is 19.1 Å². The van der Waals surface area contributed by atoms with Crippen molar-refractivity contribution in [2.75, 3.05) is 13.2 Å². The molecule has 3 aliphatic rings. The smallest absolute Gasteiger partial charge is 0.200 e. The van der Waals surface area contributed by atoms with Gasteiger partial charge in [0.2, 0.25) is 5.82 Å². The first-order chi connectivity index (χ1) is 15.6. The molecule has 0 saturated heterocycles. The molecule has 1 aromatic carbocycles. The highest BCUT2D eigenvalue weighted by Gasteiger charge is 2.32. The summed E-state index contributed by atoms with van der Waals surface area (Å²) in [7, 11) is 0. The van der Waals surface area contributed by atoms with E-state index in [4.69, 9.17) is 9.47 Å². The second kappa shape index (κ2) is 11.1. The van der Waals surface area contributed by atoms with Gasteiger partial charge in [-0.1, -0.05) is 44.7 Å². The zero-order valence-corrected chi connectivity index (χ0v) is 19.9. The fraction of sp³-hybridized carbons (Fsp3) is 0.714. The minimum atomic E-state index is -0.843. The lowest BCUT2D eigenvalue weighted by molar-refractivity contribution is -0.00337. The maximum Gasteiger partial charge on any atom is 0.200 e. The number of ether oxygens (including phenoxy) is 2. The van der Waals surface area contributed by atoms with Crippen molar-refractivity contribution in [3.8, 4) is 5.75 Å². The average molecular weight is 447 g/mol. The number of rotatable bonds is 7. The molecule has 2 fully saturated rings. The maximum absolute atomic E-state index is 14.6. The molecule has 2 aliphatic carbocycles. The van der Waals surface area contributed by atoms with Crippen molar-refractivity contribution >= 4 is 0 Å². The first kappa shape index (κ1) is 23.7. The summed E-state index contributed by atoms with van der Waals surface area (Å²) in [6, 6.07) is 3.30. The Bertz CT molecular complexity index is 774. The second-order valence-corrected chi connectivity index (χ2v) is 10.2. The third-order valence-electron chi connectivity index (χ3n) is 8.26. The van der Waals surface area contributed by atoms with Crippen molar-refractivity contribution in [3.63, 3.8) is 0 Å². The highest BCUT2D eigenvalue weighted by molar-refractivity contribution is 5.33. The van der Waals surface area contributed by atoms with Gasteiger partial charge in [-0.3, -0.25) is 0 Å². The monoisotopic (exact) mass is 446 g/mol. The van der Waals surface area contributed by atoms with Gasteiger partial charge in [0.15, 0.2) is 11.6 Å². The van der Waals surface area contributed by atoms with E-state index in [9.17, 15) is 8.78 Å². The van der Waals surface area contributed by atoms with Crippen LogP contribution < -0.4 is 4.74 Å². The molecule has 0 amide bonds. The Kier molecular flexibility index (Phi) is 8.26. The standard InChI is InChI=1S/C28H40F2O2/c1-3-5-19-6-8-22(9-7-19)25-16-14-23(18-32-25)20-10-12-21(13-11-20)24-15-17-26(31-4-2)28(30)27(24)29/h14-15,17,19-22,25H,3-13,16,18H2,1-2H3. The molecule has 2 saturated carbocycles. The van der Waals surface area contributed by atoms with E-state index in [-0.39, 0.29) is 11.7 Å². The zero-order chi connectivity index (χ0) is 22.5. The molecule has 0 aromatic heterocycles. The lowest BCUT2D eigenvalue weighted by atomic mass is 9.74. The minimum absolute atomic E-state index is 0.0142. The first-order valence-corrected chi connectivity index (χ1v) is 13.0. The summed E-state index contributed by atoms with van der Waals surface area (Å²) in [5.41, 5.74) is 1.95. The molecular weight excluding hydrogens is 406 g/mol. The molecule has 1 unspecified atom stereocenters. The van der Waals surface area contributed by atoms with Crippen molar-refractivity contribution in [2.45, 2.75) is 96.5 Å². The van der Waals surface area contributed by atoms with Crippen LogP contribution in [0.4, 0.5) is 8.78 Å². The fourth-order valence-electron chi connectivity index (χ4n) is 6.37. The van der Waals surface area contributed by atoms with E-state index >= 15 is 0 Å². The van der Waals surface area contributed by atoms with E-state index in [0.29, 0.717) is 24.2 Å². The Labute approximate surface area is 192 Å². The topological polar surface area (TPSA) is 18.5 Å². The van der Waals surface area contributed by atoms with Crippen molar-refractivity contribution in [3.05, 3.63) is 41.0 Å². The lowest BCUT2D eigenvalue weighted by Crippen LogP contribution is -2.32. The van der Waals surface area contributed by atoms with Crippen LogP contribution in [0.5, 0.6) is 5.75 Å². The predicted molar refractivity (Wildman–Crippen MR) is 125 cm³/mol. The fourth-order valence-corrected chi connectivity index (χ4v) is 6.37. The van der Waals surface area contributed by atoms with Gasteiger partial charge in [0.1, 0.15) is 0 Å². The molecule has 1 atom stereocenters. The van der Waals surface area contributed by atoms with E-state index < -0.39 is 11.6 Å². The van der Waals surface area contributed by atoms with Gasteiger partial charge >= 0.3 is 0 Å². The van der Waals surface area contributed by atoms with Gasteiger partial charge in [0.05, 0.1) is 19.3 Å². The summed E-state index contributed by atoms with van der Waals surface area (Å²) in [6.45, 7) is 5.17. The van der Waals surface area contributed by atoms with Gasteiger partial charge in [-0.2, -0.15) is 4.39 Å². The highest BCUT2D eigenvalue weighted by Crippen LogP contribution is 2.43. The molecule has 0 N–H and O–H groups in total. The maximum atomic E-state index is 14.6. The Balaban J connectivity index is 1.28. The van der Waals surface area contributed by atoms with Gasteiger partial charge in [0, 0.05) is 0 Å². The Hall–Kier alpha value is -1.42. The normalized spacial score (nSPS) is 31.2. The van der Waals surface area contributed by atoms with Crippen LogP contribution in [0.1, 0.15) is 96.0 Å². The molecule has 2 nitrogen and oxygen atoms in total. The molecule has 1 aromatic rings. The molecule has 178 valence electrons. The minimum Gasteiger partial charge on any atom is -0.491 e. The van der Waals surface area contributed by atoms with Gasteiger partial charge in [-0.15, -0.1) is 0 Å². The summed E-state index contributed by atoms with van der Waals surface area (Å²) in [5, 5.41) is 0. The van der Waals surface area contributed by atoms with Gasteiger partial charge in [0.25, 0.3) is 0 Å². The van der Waals surface area contributed by atoms with Crippen LogP contribution in [-0.2, 0) is 4.74 Å². The van der Waals surface area contributed by atoms with E-state index in [0.717, 1.165) is 50.5 Å². The third-order valence-corrected chi connectivity index (χ3v) is 8.26. The van der Waals surface area contributed by atoms with Crippen molar-refractivity contribution < 1.29 is 18.3 Å². The van der Waals surface area contributed by atoms with Gasteiger partial charge in [-0.05, 0) is 92.7 Å². The molecule has 32 heavy (non-hydrogen) atoms. The molecule has 4 heteroatoms. The van der Waals surface area contributed by atoms with Crippen molar-refractivity contribution in [2.24, 2.45) is 17.8 Å². The average Bonchev–Trinajstić information content (AvgIpc) is 2.83. The summed E-state index contributed by atoms with van der Waals surface area (Å²) < 4.78 is 40.5. The SMILES string of the molecule is CCCC1CCC(C2CC=C(C3CCC(c4ccc(OCC)c(F)c4F)CC3)CO2)CC1. The second-order valence-electron chi connectivity index (χ2n) is 10.2. The van der Waals surface area contributed by atoms with E-state index in [1.807, 2.05) is 0 Å². The Morgan fingerprint density at radius 3 is 2.25 bits per heavy atom. The number of hydrogen-bond donors (Lipinski definition) is 0. The number of hydrogen-bond acceptors (Lipinski definition) is 2. The van der Waals surface area contributed by atoms with Crippen LogP contribution in [0, 0.1) is 29.4 Å². The van der Waals surface area contributed by atoms with Crippen LogP contribution >= 0.6 is 0 Å². The highest BCUT2D eigenvalue weighted by atomic mass is 19.2. The Morgan fingerprint density at radius 1 is 0.906 bits per heavy atom. The molecule has 1 aliphatic heterocycles. The van der Waals surface area contributed by atoms with Crippen molar-refractivity contribution in [1.82, 2.24) is 0 Å². The molecular formula is C28H40F2O2. The summed E-state index contributed by atoms with van der Waals surface area (Å²) >= 11 is 0. The largest absolute Gasteiger partial charge is 0.491 e. The molecule has 0 spiro atoms. The molecule has 0 radical (unpaired) electrons. The summed E-state index contributed by atoms with van der Waals surface area (Å²) in [4.78, 5) is 0. The van der Waals surface area contributed by atoms with Gasteiger partial charge in [-0.25, -0.2) is 4.39 Å². The summed E-state index contributed by atoms with van der Waals surface area (Å²) in [5.74, 6) is 0.737. The first-order valence-electron chi connectivity index (χ1n) is 13.0. The van der Waals surface area contributed by atoms with Crippen LogP contribution in [-0.4, -0.2) is 19.3 Å². The number of benzene rings is 1. The van der Waals surface area contributed by atoms with E-state index in [1.165, 1.54) is 44.1 Å². The van der Waals surface area contributed by atoms with Gasteiger partial charge < -0.3 is 9.47 Å². The van der Waals surface area contributed by atoms with Crippen LogP contribution in [0.3, 0.4) is 0 Å². The quantitative estimate of drug-likeness (QED) is 0.396. The number of halogens is 2. The van der Waals surface area contributed by atoms with Crippen LogP contribution in [0.2, 0.25) is 0 Å². The third kappa shape index (κ3) is 5.38. The lowest BCUT2D eigenvalue weighted by Gasteiger charge is -2.37. The molecule has 4 rings (SSSR count). The Morgan fingerprint density at radius 2 is 1.62 bits per heavy atom. The van der Waals surface area contributed by atoms with Crippen LogP contribution in [0.25, 0.3) is 0 Å². The predicted octanol–water partition coefficient (Wildman–Crippen LogP) is 7.96. The van der Waals surface area contributed by atoms with Crippen molar-refractivity contribution in [1.29, 1.82) is 0 Å². The van der Waals surface area contributed by atoms with Crippen LogP contribution in [0.15, 0.2) is 23.8 Å². The van der Waals surface area contributed by atoms with E-state index in [2.05, 4.69) is 13.0 Å². The molecule has 1 heterocycles. The summed E-state index contributed by atoms with van der Waals surface area (Å²) in [6.07, 6.45) is 15.9.